The van der Waals surface area contributed by atoms with Crippen LogP contribution in [-0.2, 0) is 4.74 Å². The molecule has 0 spiro atoms. The van der Waals surface area contributed by atoms with Gasteiger partial charge in [-0.1, -0.05) is 13.8 Å². The molecule has 0 saturated carbocycles. The Morgan fingerprint density at radius 1 is 1.44 bits per heavy atom. The fourth-order valence-electron chi connectivity index (χ4n) is 0.897. The number of nitro groups is 1. The number of rotatable bonds is 2. The Kier molecular flexibility index (Phi) is 5.69. The van der Waals surface area contributed by atoms with E-state index in [1.165, 1.54) is 0 Å². The van der Waals surface area contributed by atoms with Gasteiger partial charge in [0.2, 0.25) is 5.82 Å². The SMILES string of the molecule is CC.COC(=O)c1ccc(F)c([N+](=O)[O-])c1. The van der Waals surface area contributed by atoms with Crippen LogP contribution in [0.25, 0.3) is 0 Å². The standard InChI is InChI=1S/C8H6FNO4.C2H6/c1-14-8(11)5-2-3-6(9)7(4-5)10(12)13;1-2/h2-4H,1H3;1-2H3. The molecule has 16 heavy (non-hydrogen) atoms. The molecular weight excluding hydrogens is 217 g/mol. The molecular formula is C10H12FNO4. The zero-order valence-corrected chi connectivity index (χ0v) is 9.19. The van der Waals surface area contributed by atoms with Crippen molar-refractivity contribution in [1.82, 2.24) is 0 Å². The van der Waals surface area contributed by atoms with E-state index in [-0.39, 0.29) is 5.56 Å². The summed E-state index contributed by atoms with van der Waals surface area (Å²) in [6.45, 7) is 4.00. The van der Waals surface area contributed by atoms with Gasteiger partial charge in [0, 0.05) is 6.07 Å². The number of nitro benzene ring substituents is 1. The minimum atomic E-state index is -0.984. The zero-order chi connectivity index (χ0) is 12.7. The van der Waals surface area contributed by atoms with Gasteiger partial charge in [0.05, 0.1) is 17.6 Å². The molecule has 1 rings (SSSR count). The van der Waals surface area contributed by atoms with Crippen molar-refractivity contribution in [2.45, 2.75) is 13.8 Å². The summed E-state index contributed by atoms with van der Waals surface area (Å²) in [7, 11) is 1.14. The van der Waals surface area contributed by atoms with E-state index in [9.17, 15) is 19.3 Å². The van der Waals surface area contributed by atoms with Crippen LogP contribution in [0.2, 0.25) is 0 Å². The predicted molar refractivity (Wildman–Crippen MR) is 55.7 cm³/mol. The van der Waals surface area contributed by atoms with Crippen molar-refractivity contribution < 1.29 is 18.8 Å². The van der Waals surface area contributed by atoms with E-state index in [0.29, 0.717) is 0 Å². The fourth-order valence-corrected chi connectivity index (χ4v) is 0.897. The van der Waals surface area contributed by atoms with E-state index in [4.69, 9.17) is 0 Å². The lowest BCUT2D eigenvalue weighted by atomic mass is 10.2. The molecule has 0 fully saturated rings. The summed E-state index contributed by atoms with van der Waals surface area (Å²) < 4.78 is 17.1. The topological polar surface area (TPSA) is 69.4 Å². The molecule has 1 aromatic carbocycles. The Morgan fingerprint density at radius 3 is 2.44 bits per heavy atom. The monoisotopic (exact) mass is 229 g/mol. The smallest absolute Gasteiger partial charge is 0.338 e. The molecule has 0 bridgehead atoms. The van der Waals surface area contributed by atoms with Crippen LogP contribution in [0, 0.1) is 15.9 Å². The summed E-state index contributed by atoms with van der Waals surface area (Å²) in [6, 6.07) is 2.81. The number of hydrogen-bond donors (Lipinski definition) is 0. The van der Waals surface area contributed by atoms with Gasteiger partial charge >= 0.3 is 11.7 Å². The average molecular weight is 229 g/mol. The van der Waals surface area contributed by atoms with Gasteiger partial charge in [-0.25, -0.2) is 4.79 Å². The van der Waals surface area contributed by atoms with Crippen molar-refractivity contribution in [1.29, 1.82) is 0 Å². The van der Waals surface area contributed by atoms with Crippen molar-refractivity contribution >= 4 is 11.7 Å². The van der Waals surface area contributed by atoms with Crippen molar-refractivity contribution in [2.24, 2.45) is 0 Å². The molecule has 0 atom stereocenters. The predicted octanol–water partition coefficient (Wildman–Crippen LogP) is 2.55. The average Bonchev–Trinajstić information content (AvgIpc) is 2.31. The van der Waals surface area contributed by atoms with Crippen LogP contribution in [0.15, 0.2) is 18.2 Å². The van der Waals surface area contributed by atoms with Gasteiger partial charge in [-0.3, -0.25) is 10.1 Å². The lowest BCUT2D eigenvalue weighted by molar-refractivity contribution is -0.387. The highest BCUT2D eigenvalue weighted by molar-refractivity contribution is 5.90. The summed E-state index contributed by atoms with van der Waals surface area (Å²) in [6.07, 6.45) is 0. The first kappa shape index (κ1) is 14.0. The van der Waals surface area contributed by atoms with Crippen molar-refractivity contribution in [3.8, 4) is 0 Å². The Balaban J connectivity index is 0.00000106. The van der Waals surface area contributed by atoms with Gasteiger partial charge in [0.25, 0.3) is 0 Å². The van der Waals surface area contributed by atoms with E-state index in [2.05, 4.69) is 4.74 Å². The van der Waals surface area contributed by atoms with Crippen LogP contribution in [-0.4, -0.2) is 18.0 Å². The summed E-state index contributed by atoms with van der Waals surface area (Å²) in [5.74, 6) is -1.73. The Bertz CT molecular complexity index is 392. The van der Waals surface area contributed by atoms with Crippen molar-refractivity contribution in [2.75, 3.05) is 7.11 Å². The van der Waals surface area contributed by atoms with Crippen LogP contribution < -0.4 is 0 Å². The molecule has 0 aliphatic heterocycles. The number of esters is 1. The summed E-state index contributed by atoms with van der Waals surface area (Å²) in [5, 5.41) is 10.3. The maximum atomic E-state index is 12.8. The molecule has 0 aliphatic rings. The number of nitrogens with zero attached hydrogens (tertiary/aromatic N) is 1. The van der Waals surface area contributed by atoms with E-state index in [1.54, 1.807) is 0 Å². The number of carbonyl (C=O) groups is 1. The number of benzene rings is 1. The minimum Gasteiger partial charge on any atom is -0.465 e. The van der Waals surface area contributed by atoms with Crippen LogP contribution in [0.3, 0.4) is 0 Å². The van der Waals surface area contributed by atoms with Gasteiger partial charge in [0.15, 0.2) is 0 Å². The molecule has 0 N–H and O–H groups in total. The van der Waals surface area contributed by atoms with Gasteiger partial charge in [-0.05, 0) is 12.1 Å². The number of halogens is 1. The van der Waals surface area contributed by atoms with E-state index in [0.717, 1.165) is 25.3 Å². The second-order valence-electron chi connectivity index (χ2n) is 2.41. The van der Waals surface area contributed by atoms with Crippen LogP contribution in [0.4, 0.5) is 10.1 Å². The normalized spacial score (nSPS) is 8.75. The highest BCUT2D eigenvalue weighted by atomic mass is 19.1. The van der Waals surface area contributed by atoms with Crippen LogP contribution in [0.5, 0.6) is 0 Å². The third-order valence-electron chi connectivity index (χ3n) is 1.56. The van der Waals surface area contributed by atoms with E-state index < -0.39 is 22.4 Å². The molecule has 88 valence electrons. The summed E-state index contributed by atoms with van der Waals surface area (Å²) in [4.78, 5) is 20.3. The first-order valence-electron chi connectivity index (χ1n) is 4.58. The second kappa shape index (κ2) is 6.49. The molecule has 1 aromatic rings. The van der Waals surface area contributed by atoms with Gasteiger partial charge in [-0.15, -0.1) is 0 Å². The molecule has 0 unspecified atom stereocenters. The molecule has 0 heterocycles. The molecule has 6 heteroatoms. The van der Waals surface area contributed by atoms with Gasteiger partial charge in [-0.2, -0.15) is 4.39 Å². The number of carbonyl (C=O) groups excluding carboxylic acids is 1. The lowest BCUT2D eigenvalue weighted by Crippen LogP contribution is -2.03. The largest absolute Gasteiger partial charge is 0.465 e. The molecule has 0 radical (unpaired) electrons. The summed E-state index contributed by atoms with van der Waals surface area (Å²) in [5.41, 5.74) is -0.798. The van der Waals surface area contributed by atoms with Crippen LogP contribution in [0.1, 0.15) is 24.2 Å². The third kappa shape index (κ3) is 3.30. The van der Waals surface area contributed by atoms with Crippen LogP contribution >= 0.6 is 0 Å². The van der Waals surface area contributed by atoms with E-state index >= 15 is 0 Å². The molecule has 0 saturated heterocycles. The second-order valence-corrected chi connectivity index (χ2v) is 2.41. The zero-order valence-electron chi connectivity index (χ0n) is 9.19. The molecule has 0 aromatic heterocycles. The van der Waals surface area contributed by atoms with Crippen molar-refractivity contribution in [3.05, 3.63) is 39.7 Å². The molecule has 0 aliphatic carbocycles. The first-order chi connectivity index (χ1) is 7.56. The molecule has 5 nitrogen and oxygen atoms in total. The first-order valence-corrected chi connectivity index (χ1v) is 4.58. The highest BCUT2D eigenvalue weighted by Gasteiger charge is 2.17. The lowest BCUT2D eigenvalue weighted by Gasteiger charge is -1.98. The Hall–Kier alpha value is -1.98. The minimum absolute atomic E-state index is 0.0550. The summed E-state index contributed by atoms with van der Waals surface area (Å²) >= 11 is 0. The number of methoxy groups -OCH3 is 1. The maximum absolute atomic E-state index is 12.8. The third-order valence-corrected chi connectivity index (χ3v) is 1.56. The number of ether oxygens (including phenoxy) is 1. The van der Waals surface area contributed by atoms with E-state index in [1.807, 2.05) is 13.8 Å². The fraction of sp³-hybridized carbons (Fsp3) is 0.300. The quantitative estimate of drug-likeness (QED) is 0.444. The van der Waals surface area contributed by atoms with Gasteiger partial charge < -0.3 is 4.74 Å². The Labute approximate surface area is 92.0 Å². The van der Waals surface area contributed by atoms with Crippen molar-refractivity contribution in [3.63, 3.8) is 0 Å². The van der Waals surface area contributed by atoms with Gasteiger partial charge in [0.1, 0.15) is 0 Å². The Morgan fingerprint density at radius 2 is 2.00 bits per heavy atom. The highest BCUT2D eigenvalue weighted by Crippen LogP contribution is 2.18. The number of hydrogen-bond acceptors (Lipinski definition) is 4. The molecule has 0 amide bonds. The maximum Gasteiger partial charge on any atom is 0.338 e.